The fourth-order valence-corrected chi connectivity index (χ4v) is 2.80. The zero-order chi connectivity index (χ0) is 18.1. The number of aliphatic hydroxyl groups excluding tert-OH is 1. The van der Waals surface area contributed by atoms with E-state index in [2.05, 4.69) is 38.8 Å². The SMILES string of the molecule is CCC([C@H](O)[C@H](C)C/C=C/c1ccc(OC(C)=O)cc1)N(C)CC. The molecule has 1 N–H and O–H groups in total. The Morgan fingerprint density at radius 1 is 1.29 bits per heavy atom. The number of carbonyl (C=O) groups is 1. The molecule has 1 aromatic carbocycles. The van der Waals surface area contributed by atoms with Gasteiger partial charge in [-0.1, -0.05) is 45.1 Å². The first-order valence-corrected chi connectivity index (χ1v) is 8.72. The predicted molar refractivity (Wildman–Crippen MR) is 99.0 cm³/mol. The number of esters is 1. The van der Waals surface area contributed by atoms with Gasteiger partial charge in [-0.25, -0.2) is 0 Å². The van der Waals surface area contributed by atoms with Gasteiger partial charge in [0.05, 0.1) is 6.10 Å². The van der Waals surface area contributed by atoms with Crippen molar-refractivity contribution in [3.05, 3.63) is 35.9 Å². The average Bonchev–Trinajstić information content (AvgIpc) is 2.56. The van der Waals surface area contributed by atoms with Crippen LogP contribution in [0.4, 0.5) is 0 Å². The third-order valence-corrected chi connectivity index (χ3v) is 4.42. The minimum absolute atomic E-state index is 0.195. The Morgan fingerprint density at radius 3 is 2.42 bits per heavy atom. The van der Waals surface area contributed by atoms with Gasteiger partial charge in [-0.05, 0) is 50.0 Å². The molecule has 0 heterocycles. The average molecular weight is 333 g/mol. The Morgan fingerprint density at radius 2 is 1.92 bits per heavy atom. The molecule has 0 radical (unpaired) electrons. The molecule has 1 rings (SSSR count). The van der Waals surface area contributed by atoms with Crippen molar-refractivity contribution in [3.8, 4) is 5.75 Å². The van der Waals surface area contributed by atoms with Crippen LogP contribution < -0.4 is 4.74 Å². The lowest BCUT2D eigenvalue weighted by molar-refractivity contribution is -0.131. The maximum atomic E-state index is 10.9. The fraction of sp³-hybridized carbons (Fsp3) is 0.550. The van der Waals surface area contributed by atoms with Gasteiger partial charge in [0.25, 0.3) is 0 Å². The smallest absolute Gasteiger partial charge is 0.308 e. The molecule has 3 atom stereocenters. The zero-order valence-electron chi connectivity index (χ0n) is 15.5. The standard InChI is InChI=1S/C20H31NO3/c1-6-19(21(5)7-2)20(23)15(3)9-8-10-17-11-13-18(14-12-17)24-16(4)22/h8,10-15,19-20,23H,6-7,9H2,1-5H3/b10-8+/t15-,19?,20-/m1/s1. The van der Waals surface area contributed by atoms with Crippen molar-refractivity contribution < 1.29 is 14.6 Å². The highest BCUT2D eigenvalue weighted by Crippen LogP contribution is 2.19. The number of allylic oxidation sites excluding steroid dienone is 1. The van der Waals surface area contributed by atoms with Crippen LogP contribution >= 0.6 is 0 Å². The summed E-state index contributed by atoms with van der Waals surface area (Å²) in [6.07, 6.45) is 5.55. The molecule has 0 bridgehead atoms. The molecule has 0 spiro atoms. The van der Waals surface area contributed by atoms with Crippen LogP contribution in [-0.4, -0.2) is 41.7 Å². The van der Waals surface area contributed by atoms with Crippen LogP contribution in [0, 0.1) is 5.92 Å². The molecule has 1 unspecified atom stereocenters. The van der Waals surface area contributed by atoms with Gasteiger partial charge < -0.3 is 14.7 Å². The highest BCUT2D eigenvalue weighted by atomic mass is 16.5. The second kappa shape index (κ2) is 10.3. The molecule has 0 saturated heterocycles. The van der Waals surface area contributed by atoms with Crippen molar-refractivity contribution in [1.29, 1.82) is 0 Å². The molecule has 0 aliphatic carbocycles. The summed E-state index contributed by atoms with van der Waals surface area (Å²) in [5, 5.41) is 10.6. The molecule has 0 saturated carbocycles. The molecule has 0 aliphatic heterocycles. The van der Waals surface area contributed by atoms with E-state index in [1.54, 1.807) is 12.1 Å². The number of nitrogens with zero attached hydrogens (tertiary/aromatic N) is 1. The van der Waals surface area contributed by atoms with Crippen molar-refractivity contribution in [2.75, 3.05) is 13.6 Å². The van der Waals surface area contributed by atoms with Gasteiger partial charge in [0.1, 0.15) is 5.75 Å². The third kappa shape index (κ3) is 6.46. The van der Waals surface area contributed by atoms with Crippen molar-refractivity contribution in [2.45, 2.75) is 52.7 Å². The number of likely N-dealkylation sites (N-methyl/N-ethyl adjacent to an activating group) is 1. The van der Waals surface area contributed by atoms with E-state index in [-0.39, 0.29) is 24.0 Å². The molecule has 134 valence electrons. The van der Waals surface area contributed by atoms with E-state index < -0.39 is 0 Å². The number of hydrogen-bond acceptors (Lipinski definition) is 4. The van der Waals surface area contributed by atoms with Gasteiger partial charge >= 0.3 is 5.97 Å². The molecule has 0 aromatic heterocycles. The number of carbonyl (C=O) groups excluding carboxylic acids is 1. The number of ether oxygens (including phenoxy) is 1. The van der Waals surface area contributed by atoms with Crippen molar-refractivity contribution in [1.82, 2.24) is 4.90 Å². The molecule has 4 heteroatoms. The molecule has 0 amide bonds. The Labute approximate surface area is 146 Å². The largest absolute Gasteiger partial charge is 0.427 e. The van der Waals surface area contributed by atoms with E-state index in [4.69, 9.17) is 4.74 Å². The summed E-state index contributed by atoms with van der Waals surface area (Å²) in [6.45, 7) is 8.64. The first-order valence-electron chi connectivity index (χ1n) is 8.72. The second-order valence-electron chi connectivity index (χ2n) is 6.32. The van der Waals surface area contributed by atoms with Crippen LogP contribution in [0.3, 0.4) is 0 Å². The Balaban J connectivity index is 2.57. The van der Waals surface area contributed by atoms with Crippen LogP contribution in [0.1, 0.15) is 46.1 Å². The highest BCUT2D eigenvalue weighted by Gasteiger charge is 2.25. The van der Waals surface area contributed by atoms with E-state index >= 15 is 0 Å². The van der Waals surface area contributed by atoms with Gasteiger partial charge in [0.15, 0.2) is 0 Å². The lowest BCUT2D eigenvalue weighted by atomic mass is 9.92. The third-order valence-electron chi connectivity index (χ3n) is 4.42. The lowest BCUT2D eigenvalue weighted by Gasteiger charge is -2.33. The fourth-order valence-electron chi connectivity index (χ4n) is 2.80. The zero-order valence-corrected chi connectivity index (χ0v) is 15.5. The van der Waals surface area contributed by atoms with Crippen LogP contribution in [0.2, 0.25) is 0 Å². The second-order valence-corrected chi connectivity index (χ2v) is 6.32. The number of rotatable bonds is 9. The minimum atomic E-state index is -0.337. The summed E-state index contributed by atoms with van der Waals surface area (Å²) in [4.78, 5) is 13.1. The molecule has 1 aromatic rings. The highest BCUT2D eigenvalue weighted by molar-refractivity contribution is 5.69. The van der Waals surface area contributed by atoms with Crippen LogP contribution in [0.15, 0.2) is 30.3 Å². The lowest BCUT2D eigenvalue weighted by Crippen LogP contribution is -2.43. The first kappa shape index (κ1) is 20.4. The van der Waals surface area contributed by atoms with Gasteiger partial charge in [-0.3, -0.25) is 4.79 Å². The quantitative estimate of drug-likeness (QED) is 0.552. The topological polar surface area (TPSA) is 49.8 Å². The Kier molecular flexibility index (Phi) is 8.72. The monoisotopic (exact) mass is 333 g/mol. The van der Waals surface area contributed by atoms with Crippen LogP contribution in [0.25, 0.3) is 6.08 Å². The molecular weight excluding hydrogens is 302 g/mol. The Hall–Kier alpha value is -1.65. The van der Waals surface area contributed by atoms with Crippen molar-refractivity contribution in [3.63, 3.8) is 0 Å². The summed E-state index contributed by atoms with van der Waals surface area (Å²) in [5.41, 5.74) is 1.05. The summed E-state index contributed by atoms with van der Waals surface area (Å²) in [5.74, 6) is 0.431. The van der Waals surface area contributed by atoms with Gasteiger partial charge in [-0.2, -0.15) is 0 Å². The molecule has 0 fully saturated rings. The van der Waals surface area contributed by atoms with Crippen LogP contribution in [-0.2, 0) is 4.79 Å². The number of benzene rings is 1. The van der Waals surface area contributed by atoms with E-state index in [1.807, 2.05) is 18.2 Å². The van der Waals surface area contributed by atoms with Gasteiger partial charge in [0.2, 0.25) is 0 Å². The predicted octanol–water partition coefficient (Wildman–Crippen LogP) is 3.74. The van der Waals surface area contributed by atoms with E-state index in [0.717, 1.165) is 24.9 Å². The van der Waals surface area contributed by atoms with E-state index in [0.29, 0.717) is 5.75 Å². The molecular formula is C20H31NO3. The van der Waals surface area contributed by atoms with Gasteiger partial charge in [0, 0.05) is 13.0 Å². The molecule has 4 nitrogen and oxygen atoms in total. The number of hydrogen-bond donors (Lipinski definition) is 1. The van der Waals surface area contributed by atoms with E-state index in [1.165, 1.54) is 6.92 Å². The van der Waals surface area contributed by atoms with Crippen LogP contribution in [0.5, 0.6) is 5.75 Å². The van der Waals surface area contributed by atoms with E-state index in [9.17, 15) is 9.90 Å². The van der Waals surface area contributed by atoms with Gasteiger partial charge in [-0.15, -0.1) is 0 Å². The molecule has 0 aliphatic rings. The normalized spacial score (nSPS) is 15.5. The summed E-state index contributed by atoms with van der Waals surface area (Å²) in [7, 11) is 2.06. The number of aliphatic hydroxyl groups is 1. The minimum Gasteiger partial charge on any atom is -0.427 e. The van der Waals surface area contributed by atoms with Crippen molar-refractivity contribution >= 4 is 12.0 Å². The van der Waals surface area contributed by atoms with Crippen molar-refractivity contribution in [2.24, 2.45) is 5.92 Å². The summed E-state index contributed by atoms with van der Waals surface area (Å²) >= 11 is 0. The first-order chi connectivity index (χ1) is 11.4. The molecule has 24 heavy (non-hydrogen) atoms. The maximum absolute atomic E-state index is 10.9. The Bertz CT molecular complexity index is 524. The maximum Gasteiger partial charge on any atom is 0.308 e. The summed E-state index contributed by atoms with van der Waals surface area (Å²) in [6, 6.07) is 7.58. The summed E-state index contributed by atoms with van der Waals surface area (Å²) < 4.78 is 5.01.